The second-order valence-electron chi connectivity index (χ2n) is 4.08. The fourth-order valence-corrected chi connectivity index (χ4v) is 1.89. The average molecular weight is 239 g/mol. The van der Waals surface area contributed by atoms with Gasteiger partial charge in [0.1, 0.15) is 0 Å². The van der Waals surface area contributed by atoms with Crippen LogP contribution in [0.25, 0.3) is 11.0 Å². The number of unbranched alkanes of at least 4 members (excludes halogenated alkanes) is 2. The van der Waals surface area contributed by atoms with E-state index in [4.69, 9.17) is 5.73 Å². The van der Waals surface area contributed by atoms with E-state index in [1.807, 2.05) is 0 Å². The van der Waals surface area contributed by atoms with Crippen LogP contribution in [0, 0.1) is 11.6 Å². The number of benzene rings is 1. The molecule has 0 aliphatic heterocycles. The summed E-state index contributed by atoms with van der Waals surface area (Å²) < 4.78 is 27.9. The normalized spacial score (nSPS) is 11.2. The Bertz CT molecular complexity index is 534. The molecule has 0 unspecified atom stereocenters. The highest BCUT2D eigenvalue weighted by Gasteiger charge is 2.12. The molecular formula is C12H15F2N3. The average Bonchev–Trinajstić information content (AvgIpc) is 2.57. The van der Waals surface area contributed by atoms with Gasteiger partial charge in [-0.1, -0.05) is 19.8 Å². The summed E-state index contributed by atoms with van der Waals surface area (Å²) in [5, 5.41) is 0. The van der Waals surface area contributed by atoms with Crippen LogP contribution in [0.2, 0.25) is 0 Å². The zero-order chi connectivity index (χ0) is 12.4. The lowest BCUT2D eigenvalue weighted by molar-refractivity contribution is 0.510. The molecule has 0 radical (unpaired) electrons. The number of nitrogen functional groups attached to an aromatic ring is 1. The first-order valence-electron chi connectivity index (χ1n) is 5.74. The van der Waals surface area contributed by atoms with E-state index < -0.39 is 11.6 Å². The molecule has 1 aromatic carbocycles. The van der Waals surface area contributed by atoms with Gasteiger partial charge in [-0.25, -0.2) is 13.8 Å². The van der Waals surface area contributed by atoms with Gasteiger partial charge in [0, 0.05) is 18.7 Å². The Morgan fingerprint density at radius 1 is 1.24 bits per heavy atom. The molecule has 2 aromatic rings. The van der Waals surface area contributed by atoms with Gasteiger partial charge in [0.15, 0.2) is 11.6 Å². The lowest BCUT2D eigenvalue weighted by Crippen LogP contribution is -2.03. The van der Waals surface area contributed by atoms with Gasteiger partial charge in [-0.2, -0.15) is 0 Å². The Morgan fingerprint density at radius 3 is 2.65 bits per heavy atom. The molecule has 92 valence electrons. The van der Waals surface area contributed by atoms with Crippen LogP contribution >= 0.6 is 0 Å². The van der Waals surface area contributed by atoms with Crippen LogP contribution in [0.5, 0.6) is 0 Å². The number of hydrogen-bond acceptors (Lipinski definition) is 2. The van der Waals surface area contributed by atoms with Crippen LogP contribution < -0.4 is 5.73 Å². The fraction of sp³-hybridized carbons (Fsp3) is 0.417. The van der Waals surface area contributed by atoms with Crippen LogP contribution in [0.1, 0.15) is 26.2 Å². The molecule has 3 nitrogen and oxygen atoms in total. The molecule has 0 aliphatic carbocycles. The number of aryl methyl sites for hydroxylation is 1. The van der Waals surface area contributed by atoms with Crippen molar-refractivity contribution >= 4 is 17.0 Å². The zero-order valence-electron chi connectivity index (χ0n) is 9.71. The lowest BCUT2D eigenvalue weighted by atomic mass is 10.2. The molecule has 17 heavy (non-hydrogen) atoms. The molecule has 0 atom stereocenters. The van der Waals surface area contributed by atoms with Gasteiger partial charge in [0.25, 0.3) is 0 Å². The third kappa shape index (κ3) is 2.23. The molecular weight excluding hydrogens is 224 g/mol. The number of halogens is 2. The summed E-state index contributed by atoms with van der Waals surface area (Å²) in [5.74, 6) is -1.45. The van der Waals surface area contributed by atoms with Crippen molar-refractivity contribution in [1.82, 2.24) is 9.55 Å². The third-order valence-corrected chi connectivity index (χ3v) is 2.81. The smallest absolute Gasteiger partial charge is 0.201 e. The number of anilines is 1. The van der Waals surface area contributed by atoms with Crippen molar-refractivity contribution in [2.24, 2.45) is 0 Å². The first-order valence-corrected chi connectivity index (χ1v) is 5.74. The summed E-state index contributed by atoms with van der Waals surface area (Å²) in [6, 6.07) is 2.23. The number of aromatic nitrogens is 2. The maximum Gasteiger partial charge on any atom is 0.201 e. The number of hydrogen-bond donors (Lipinski definition) is 1. The summed E-state index contributed by atoms with van der Waals surface area (Å²) in [6.45, 7) is 2.78. The van der Waals surface area contributed by atoms with Crippen LogP contribution in [-0.2, 0) is 6.54 Å². The summed E-state index contributed by atoms with van der Waals surface area (Å²) in [5.41, 5.74) is 6.70. The number of rotatable bonds is 4. The van der Waals surface area contributed by atoms with E-state index in [1.54, 1.807) is 4.57 Å². The van der Waals surface area contributed by atoms with Gasteiger partial charge in [0.05, 0.1) is 11.0 Å². The summed E-state index contributed by atoms with van der Waals surface area (Å²) >= 11 is 0. The van der Waals surface area contributed by atoms with Gasteiger partial charge in [-0.15, -0.1) is 0 Å². The largest absolute Gasteiger partial charge is 0.369 e. The Hall–Kier alpha value is -1.65. The predicted molar refractivity (Wildman–Crippen MR) is 63.6 cm³/mol. The second-order valence-corrected chi connectivity index (χ2v) is 4.08. The Balaban J connectivity index is 2.40. The molecule has 0 amide bonds. The molecule has 0 fully saturated rings. The van der Waals surface area contributed by atoms with E-state index in [-0.39, 0.29) is 0 Å². The first-order chi connectivity index (χ1) is 8.13. The molecule has 2 N–H and O–H groups in total. The van der Waals surface area contributed by atoms with E-state index in [1.165, 1.54) is 0 Å². The van der Waals surface area contributed by atoms with Crippen molar-refractivity contribution in [1.29, 1.82) is 0 Å². The van der Waals surface area contributed by atoms with Crippen LogP contribution in [-0.4, -0.2) is 9.55 Å². The van der Waals surface area contributed by atoms with Gasteiger partial charge in [-0.05, 0) is 6.42 Å². The minimum atomic E-state index is -0.893. The third-order valence-electron chi connectivity index (χ3n) is 2.81. The van der Waals surface area contributed by atoms with Gasteiger partial charge in [0.2, 0.25) is 5.95 Å². The van der Waals surface area contributed by atoms with E-state index in [0.29, 0.717) is 23.5 Å². The standard InChI is InChI=1S/C12H15F2N3/c1-2-3-4-5-17-11-7-9(14)8(13)6-10(11)16-12(17)15/h6-7H,2-5H2,1H3,(H2,15,16). The van der Waals surface area contributed by atoms with Crippen molar-refractivity contribution in [2.45, 2.75) is 32.7 Å². The number of fused-ring (bicyclic) bond motifs is 1. The molecule has 0 saturated carbocycles. The van der Waals surface area contributed by atoms with Crippen LogP contribution in [0.4, 0.5) is 14.7 Å². The second kappa shape index (κ2) is 4.69. The SMILES string of the molecule is CCCCCn1c(N)nc2cc(F)c(F)cc21. The summed E-state index contributed by atoms with van der Waals surface area (Å²) in [6.07, 6.45) is 3.11. The highest BCUT2D eigenvalue weighted by atomic mass is 19.2. The molecule has 1 aromatic heterocycles. The quantitative estimate of drug-likeness (QED) is 0.833. The van der Waals surface area contributed by atoms with Crippen molar-refractivity contribution in [3.63, 3.8) is 0 Å². The molecule has 1 heterocycles. The first kappa shape index (κ1) is 11.8. The van der Waals surface area contributed by atoms with Crippen molar-refractivity contribution in [3.8, 4) is 0 Å². The summed E-state index contributed by atoms with van der Waals surface area (Å²) in [7, 11) is 0. The van der Waals surface area contributed by atoms with E-state index >= 15 is 0 Å². The highest BCUT2D eigenvalue weighted by molar-refractivity contribution is 5.78. The molecule has 0 bridgehead atoms. The highest BCUT2D eigenvalue weighted by Crippen LogP contribution is 2.21. The Morgan fingerprint density at radius 2 is 1.94 bits per heavy atom. The predicted octanol–water partition coefficient (Wildman–Crippen LogP) is 3.09. The van der Waals surface area contributed by atoms with E-state index in [0.717, 1.165) is 31.4 Å². The molecule has 0 aliphatic rings. The summed E-state index contributed by atoms with van der Waals surface area (Å²) in [4.78, 5) is 4.03. The molecule has 2 rings (SSSR count). The number of nitrogens with zero attached hydrogens (tertiary/aromatic N) is 2. The van der Waals surface area contributed by atoms with Crippen LogP contribution in [0.3, 0.4) is 0 Å². The topological polar surface area (TPSA) is 43.8 Å². The molecule has 0 saturated heterocycles. The lowest BCUT2D eigenvalue weighted by Gasteiger charge is -2.05. The van der Waals surface area contributed by atoms with E-state index in [9.17, 15) is 8.78 Å². The molecule has 0 spiro atoms. The fourth-order valence-electron chi connectivity index (χ4n) is 1.89. The number of imidazole rings is 1. The van der Waals surface area contributed by atoms with E-state index in [2.05, 4.69) is 11.9 Å². The van der Waals surface area contributed by atoms with Gasteiger partial charge in [-0.3, -0.25) is 0 Å². The number of nitrogens with two attached hydrogens (primary N) is 1. The molecule has 5 heteroatoms. The Labute approximate surface area is 98.2 Å². The minimum absolute atomic E-state index is 0.307. The van der Waals surface area contributed by atoms with Crippen molar-refractivity contribution in [2.75, 3.05) is 5.73 Å². The van der Waals surface area contributed by atoms with Crippen LogP contribution in [0.15, 0.2) is 12.1 Å². The van der Waals surface area contributed by atoms with Crippen molar-refractivity contribution < 1.29 is 8.78 Å². The van der Waals surface area contributed by atoms with Crippen molar-refractivity contribution in [3.05, 3.63) is 23.8 Å². The Kier molecular flexibility index (Phi) is 3.26. The maximum atomic E-state index is 13.2. The zero-order valence-corrected chi connectivity index (χ0v) is 9.71. The van der Waals surface area contributed by atoms with Gasteiger partial charge < -0.3 is 10.3 Å². The monoisotopic (exact) mass is 239 g/mol. The minimum Gasteiger partial charge on any atom is -0.369 e. The van der Waals surface area contributed by atoms with Gasteiger partial charge >= 0.3 is 0 Å². The maximum absolute atomic E-state index is 13.2.